The van der Waals surface area contributed by atoms with Gasteiger partial charge in [-0.1, -0.05) is 8.67 Å². The van der Waals surface area contributed by atoms with E-state index in [1.54, 1.807) is 0 Å². The molecule has 0 saturated carbocycles. The average Bonchev–Trinajstić information content (AvgIpc) is 1.79. The second kappa shape index (κ2) is 10.9. The molecule has 0 saturated heterocycles. The third-order valence-corrected chi connectivity index (χ3v) is 0.758. The van der Waals surface area contributed by atoms with Crippen LogP contribution in [0.3, 0.4) is 0 Å². The summed E-state index contributed by atoms with van der Waals surface area (Å²) in [6, 6.07) is 0. The summed E-state index contributed by atoms with van der Waals surface area (Å²) >= 11 is -2.61. The molecule has 0 heterocycles. The molecule has 16 heavy (non-hydrogen) atoms. The predicted molar refractivity (Wildman–Crippen MR) is 41.8 cm³/mol. The Kier molecular flexibility index (Phi) is 17.4. The van der Waals surface area contributed by atoms with E-state index in [4.69, 9.17) is 17.9 Å². The van der Waals surface area contributed by atoms with E-state index in [0.29, 0.717) is 0 Å². The van der Waals surface area contributed by atoms with Crippen LogP contribution in [0, 0.1) is 0 Å². The zero-order valence-corrected chi connectivity index (χ0v) is 12.0. The van der Waals surface area contributed by atoms with Crippen molar-refractivity contribution in [2.75, 3.05) is 0 Å². The van der Waals surface area contributed by atoms with Crippen LogP contribution in [-0.2, 0) is 40.8 Å². The molecule has 0 unspecified atom stereocenters. The van der Waals surface area contributed by atoms with Crippen molar-refractivity contribution in [3.63, 3.8) is 0 Å². The van der Waals surface area contributed by atoms with Crippen LogP contribution >= 0.6 is 0 Å². The van der Waals surface area contributed by atoms with Crippen molar-refractivity contribution in [1.82, 2.24) is 6.15 Å². The first-order valence-electron chi connectivity index (χ1n) is 2.05. The van der Waals surface area contributed by atoms with Gasteiger partial charge in [-0.2, -0.15) is 12.6 Å². The molecule has 0 atom stereocenters. The van der Waals surface area contributed by atoms with Gasteiger partial charge in [0.15, 0.2) is 0 Å². The van der Waals surface area contributed by atoms with Gasteiger partial charge in [0, 0.05) is 0 Å². The minimum atomic E-state index is -5.27. The second-order valence-corrected chi connectivity index (χ2v) is 3.61. The summed E-state index contributed by atoms with van der Waals surface area (Å²) in [4.78, 5) is 0. The topological polar surface area (TPSA) is 223 Å². The summed E-state index contributed by atoms with van der Waals surface area (Å²) in [5.41, 5.74) is 0. The Morgan fingerprint density at radius 2 is 1.31 bits per heavy atom. The van der Waals surface area contributed by atoms with Crippen molar-refractivity contribution in [3.05, 3.63) is 0 Å². The van der Waals surface area contributed by atoms with Gasteiger partial charge < -0.3 is 10.7 Å². The second-order valence-electron chi connectivity index (χ2n) is 1.20. The van der Waals surface area contributed by atoms with Crippen molar-refractivity contribution in [2.24, 2.45) is 0 Å². The Balaban J connectivity index is -0.000000105. The molecule has 0 radical (unpaired) electrons. The van der Waals surface area contributed by atoms with Crippen LogP contribution in [0.15, 0.2) is 0 Å². The number of hydrogen-bond donors (Lipinski definition) is 4. The minimum Gasteiger partial charge on any atom is -0.724 e. The molecule has 0 aromatic heterocycles. The summed E-state index contributed by atoms with van der Waals surface area (Å²) < 4.78 is 83.0. The zero-order chi connectivity index (χ0) is 12.0. The van der Waals surface area contributed by atoms with Gasteiger partial charge in [-0.25, -0.2) is 8.42 Å². The van der Waals surface area contributed by atoms with Crippen molar-refractivity contribution in [3.8, 4) is 0 Å². The van der Waals surface area contributed by atoms with Gasteiger partial charge in [0.1, 0.15) is 0 Å². The molecular weight excluding hydrogens is 309 g/mol. The van der Waals surface area contributed by atoms with Gasteiger partial charge in [0.05, 0.1) is 0 Å². The molecular formula is H6NNaO11S3. The Bertz CT molecular complexity index is 328. The molecule has 0 fully saturated rings. The summed E-state index contributed by atoms with van der Waals surface area (Å²) in [5.74, 6) is 0. The van der Waals surface area contributed by atoms with E-state index < -0.39 is 32.2 Å². The monoisotopic (exact) mass is 315 g/mol. The van der Waals surface area contributed by atoms with Crippen molar-refractivity contribution < 1.29 is 77.5 Å². The molecule has 12 nitrogen and oxygen atoms in total. The van der Waals surface area contributed by atoms with Crippen LogP contribution in [0.2, 0.25) is 0 Å². The van der Waals surface area contributed by atoms with Gasteiger partial charge >= 0.3 is 40.0 Å². The molecule has 0 spiro atoms. The first-order valence-corrected chi connectivity index (χ1v) is 5.81. The maximum atomic E-state index is 9.48. The fourth-order valence-corrected chi connectivity index (χ4v) is 0.622. The third-order valence-electron chi connectivity index (χ3n) is 0.197. The Hall–Kier alpha value is 0.770. The van der Waals surface area contributed by atoms with Crippen LogP contribution in [0.25, 0.3) is 0 Å². The van der Waals surface area contributed by atoms with E-state index >= 15 is 0 Å². The van der Waals surface area contributed by atoms with Crippen LogP contribution in [0.5, 0.6) is 0 Å². The summed E-state index contributed by atoms with van der Waals surface area (Å²) in [6.07, 6.45) is 0. The average molecular weight is 315 g/mol. The quantitative estimate of drug-likeness (QED) is 0.0959. The van der Waals surface area contributed by atoms with E-state index in [0.717, 1.165) is 0 Å². The van der Waals surface area contributed by atoms with Crippen LogP contribution < -0.4 is 35.7 Å². The van der Waals surface area contributed by atoms with Gasteiger partial charge in [-0.15, -0.1) is 0 Å². The van der Waals surface area contributed by atoms with Crippen molar-refractivity contribution in [2.45, 2.75) is 0 Å². The predicted octanol–water partition coefficient (Wildman–Crippen LogP) is -4.96. The molecule has 0 aromatic rings. The minimum absolute atomic E-state index is 0. The molecule has 0 aliphatic carbocycles. The van der Waals surface area contributed by atoms with Gasteiger partial charge in [0.25, 0.3) is 11.4 Å². The third kappa shape index (κ3) is 46.4. The molecule has 0 aliphatic rings. The Morgan fingerprint density at radius 3 is 1.38 bits per heavy atom. The van der Waals surface area contributed by atoms with E-state index in [1.807, 2.05) is 0 Å². The van der Waals surface area contributed by atoms with Gasteiger partial charge in [-0.3, -0.25) is 13.7 Å². The molecule has 0 bridgehead atoms. The summed E-state index contributed by atoms with van der Waals surface area (Å²) in [7, 11) is -10.3. The SMILES string of the molecule is N.O=S(=O)([O-])OOS(=O)(=O)O.O=S(O)O.[Na+]. The molecule has 0 aliphatic heterocycles. The zero-order valence-electron chi connectivity index (χ0n) is 7.54. The maximum Gasteiger partial charge on any atom is 1.00 e. The molecule has 96 valence electrons. The maximum absolute atomic E-state index is 9.48. The summed E-state index contributed by atoms with van der Waals surface area (Å²) in [6.45, 7) is 0. The van der Waals surface area contributed by atoms with E-state index in [9.17, 15) is 21.4 Å². The standard InChI is InChI=1S/H3N.Na.H2O8S2.H2O3S/c;;1-9(2,3)7-8-10(4,5)6;1-4(2)3/h1H3;;(H,1,2,3)(H,4,5,6);(H2,1,2,3)/q;+1;;/p-1. The fourth-order valence-electron chi connectivity index (χ4n) is 0.0691. The molecule has 0 amide bonds. The number of rotatable bonds is 3. The first-order chi connectivity index (χ1) is 5.94. The van der Waals surface area contributed by atoms with Crippen molar-refractivity contribution in [1.29, 1.82) is 0 Å². The first kappa shape index (κ1) is 25.6. The van der Waals surface area contributed by atoms with Crippen molar-refractivity contribution >= 4 is 32.2 Å². The number of hydrogen-bond acceptors (Lipinski definition) is 9. The molecule has 6 N–H and O–H groups in total. The van der Waals surface area contributed by atoms with Crippen LogP contribution in [0.4, 0.5) is 0 Å². The normalized spacial score (nSPS) is 10.6. The Morgan fingerprint density at radius 1 is 1.06 bits per heavy atom. The molecule has 16 heteroatoms. The Labute approximate surface area is 115 Å². The smallest absolute Gasteiger partial charge is 0.724 e. The van der Waals surface area contributed by atoms with Gasteiger partial charge in [-0.05, 0) is 0 Å². The molecule has 0 aromatic carbocycles. The largest absolute Gasteiger partial charge is 1.00 e. The van der Waals surface area contributed by atoms with E-state index in [2.05, 4.69) is 8.67 Å². The van der Waals surface area contributed by atoms with E-state index in [1.165, 1.54) is 0 Å². The fraction of sp³-hybridized carbons (Fsp3) is 0. The van der Waals surface area contributed by atoms with Crippen LogP contribution in [-0.4, -0.2) is 39.3 Å². The molecule has 0 rings (SSSR count). The van der Waals surface area contributed by atoms with E-state index in [-0.39, 0.29) is 35.7 Å². The summed E-state index contributed by atoms with van der Waals surface area (Å²) in [5, 5.41) is 0. The van der Waals surface area contributed by atoms with Gasteiger partial charge in [0.2, 0.25) is 10.4 Å². The van der Waals surface area contributed by atoms with Crippen LogP contribution in [0.1, 0.15) is 0 Å².